The van der Waals surface area contributed by atoms with Crippen LogP contribution in [0, 0.1) is 6.92 Å². The third-order valence-corrected chi connectivity index (χ3v) is 2.45. The van der Waals surface area contributed by atoms with Crippen LogP contribution in [-0.4, -0.2) is 17.8 Å². The van der Waals surface area contributed by atoms with Crippen LogP contribution in [0.1, 0.15) is 12.5 Å². The molecule has 0 saturated carbocycles. The summed E-state index contributed by atoms with van der Waals surface area (Å²) in [5, 5.41) is 0. The molecule has 0 heterocycles. The molecule has 2 N–H and O–H groups in total. The van der Waals surface area contributed by atoms with Crippen LogP contribution in [0.25, 0.3) is 0 Å². The lowest BCUT2D eigenvalue weighted by Crippen LogP contribution is -2.31. The largest absolute Gasteiger partial charge is 0.470 e. The number of rotatable bonds is 4. The van der Waals surface area contributed by atoms with Crippen molar-refractivity contribution in [2.45, 2.75) is 25.5 Å². The Hall–Kier alpha value is -1.42. The first kappa shape index (κ1) is 12.6. The molecule has 5 heteroatoms. The van der Waals surface area contributed by atoms with E-state index < -0.39 is 17.8 Å². The molecule has 16 heavy (non-hydrogen) atoms. The number of hydrogen-bond donors (Lipinski definition) is 1. The van der Waals surface area contributed by atoms with Crippen LogP contribution < -0.4 is 10.5 Å². The second-order valence-corrected chi connectivity index (χ2v) is 3.81. The zero-order valence-corrected chi connectivity index (χ0v) is 9.90. The summed E-state index contributed by atoms with van der Waals surface area (Å²) in [6.45, 7) is 3.51. The average Bonchev–Trinajstić information content (AvgIpc) is 2.20. The van der Waals surface area contributed by atoms with E-state index >= 15 is 0 Å². The van der Waals surface area contributed by atoms with Gasteiger partial charge in [-0.05, 0) is 25.5 Å². The summed E-state index contributed by atoms with van der Waals surface area (Å²) in [4.78, 5) is 10.5. The molecule has 1 rings (SSSR count). The van der Waals surface area contributed by atoms with Crippen molar-refractivity contribution >= 4 is 17.7 Å². The molecule has 0 aliphatic heterocycles. The van der Waals surface area contributed by atoms with E-state index in [2.05, 4.69) is 0 Å². The molecule has 0 radical (unpaired) electrons. The molecule has 0 unspecified atom stereocenters. The summed E-state index contributed by atoms with van der Waals surface area (Å²) in [5.74, 6) is 0.655. The Kier molecular flexibility index (Phi) is 4.43. The van der Waals surface area contributed by atoms with E-state index in [1.807, 2.05) is 25.1 Å². The molecule has 1 amide bonds. The lowest BCUT2D eigenvalue weighted by Gasteiger charge is -2.19. The van der Waals surface area contributed by atoms with E-state index in [0.29, 0.717) is 5.75 Å². The Labute approximate surface area is 99.3 Å². The number of nitrogens with two attached hydrogens (primary N) is 1. The van der Waals surface area contributed by atoms with Gasteiger partial charge in [0, 0.05) is 0 Å². The quantitative estimate of drug-likeness (QED) is 0.826. The Bertz CT molecular complexity index is 370. The number of ether oxygens (including phenoxy) is 2. The maximum Gasteiger partial charge on any atom is 0.404 e. The smallest absolute Gasteiger partial charge is 0.404 e. The maximum absolute atomic E-state index is 10.5. The fourth-order valence-electron chi connectivity index (χ4n) is 1.14. The Morgan fingerprint density at radius 2 is 2.06 bits per heavy atom. The number of carbonyl (C=O) groups is 1. The number of para-hydroxylation sites is 1. The molecule has 0 aliphatic rings. The van der Waals surface area contributed by atoms with Gasteiger partial charge >= 0.3 is 6.09 Å². The predicted octanol–water partition coefficient (Wildman–Crippen LogP) is 2.42. The highest BCUT2D eigenvalue weighted by atomic mass is 35.5. The van der Waals surface area contributed by atoms with Crippen molar-refractivity contribution in [3.63, 3.8) is 0 Å². The monoisotopic (exact) mass is 243 g/mol. The van der Waals surface area contributed by atoms with Crippen LogP contribution in [-0.2, 0) is 4.74 Å². The van der Waals surface area contributed by atoms with E-state index in [1.54, 1.807) is 13.0 Å². The van der Waals surface area contributed by atoms with Crippen molar-refractivity contribution < 1.29 is 14.3 Å². The third-order valence-electron chi connectivity index (χ3n) is 2.00. The Balaban J connectivity index is 2.60. The molecule has 1 aromatic carbocycles. The molecule has 0 saturated heterocycles. The van der Waals surface area contributed by atoms with Gasteiger partial charge in [-0.15, -0.1) is 0 Å². The molecule has 88 valence electrons. The number of amides is 1. The number of primary amides is 1. The zero-order chi connectivity index (χ0) is 12.1. The zero-order valence-electron chi connectivity index (χ0n) is 9.14. The molecule has 4 nitrogen and oxygen atoms in total. The van der Waals surface area contributed by atoms with E-state index in [9.17, 15) is 4.79 Å². The molecule has 0 fully saturated rings. The van der Waals surface area contributed by atoms with Crippen LogP contribution in [0.2, 0.25) is 0 Å². The standard InChI is InChI=1S/C11H14ClNO3/c1-7-5-3-4-6-9(7)16-10(12)8(2)15-11(13)14/h3-6,8,10H,1-2H3,(H2,13,14)/t8-,10-/m1/s1. The highest BCUT2D eigenvalue weighted by Crippen LogP contribution is 2.20. The number of alkyl halides is 1. The van der Waals surface area contributed by atoms with E-state index in [4.69, 9.17) is 26.8 Å². The van der Waals surface area contributed by atoms with Gasteiger partial charge in [0.1, 0.15) is 5.75 Å². The first-order valence-corrected chi connectivity index (χ1v) is 5.27. The van der Waals surface area contributed by atoms with Crippen LogP contribution in [0.4, 0.5) is 4.79 Å². The normalized spacial score (nSPS) is 13.9. The van der Waals surface area contributed by atoms with Gasteiger partial charge in [0.25, 0.3) is 0 Å². The summed E-state index contributed by atoms with van der Waals surface area (Å²) in [6.07, 6.45) is -1.48. The van der Waals surface area contributed by atoms with Crippen molar-refractivity contribution in [1.29, 1.82) is 0 Å². The van der Waals surface area contributed by atoms with Gasteiger partial charge in [-0.25, -0.2) is 4.79 Å². The van der Waals surface area contributed by atoms with Gasteiger partial charge in [0.2, 0.25) is 5.56 Å². The Morgan fingerprint density at radius 3 is 2.62 bits per heavy atom. The third kappa shape index (κ3) is 3.62. The van der Waals surface area contributed by atoms with Gasteiger partial charge < -0.3 is 15.2 Å². The maximum atomic E-state index is 10.5. The van der Waals surface area contributed by atoms with Gasteiger partial charge in [0.05, 0.1) is 0 Å². The van der Waals surface area contributed by atoms with Crippen molar-refractivity contribution in [1.82, 2.24) is 0 Å². The van der Waals surface area contributed by atoms with Crippen LogP contribution >= 0.6 is 11.6 Å². The Morgan fingerprint density at radius 1 is 1.44 bits per heavy atom. The molecule has 2 atom stereocenters. The van der Waals surface area contributed by atoms with E-state index in [1.165, 1.54) is 0 Å². The minimum Gasteiger partial charge on any atom is -0.470 e. The fourth-order valence-corrected chi connectivity index (χ4v) is 1.29. The summed E-state index contributed by atoms with van der Waals surface area (Å²) in [7, 11) is 0. The molecule has 0 spiro atoms. The predicted molar refractivity (Wildman–Crippen MR) is 61.6 cm³/mol. The summed E-state index contributed by atoms with van der Waals surface area (Å²) >= 11 is 5.93. The van der Waals surface area contributed by atoms with Crippen molar-refractivity contribution in [2.24, 2.45) is 5.73 Å². The van der Waals surface area contributed by atoms with E-state index in [-0.39, 0.29) is 0 Å². The second-order valence-electron chi connectivity index (χ2n) is 3.38. The topological polar surface area (TPSA) is 61.6 Å². The van der Waals surface area contributed by atoms with Crippen molar-refractivity contribution in [3.05, 3.63) is 29.8 Å². The fraction of sp³-hybridized carbons (Fsp3) is 0.364. The van der Waals surface area contributed by atoms with Crippen LogP contribution in [0.5, 0.6) is 5.75 Å². The average molecular weight is 244 g/mol. The highest BCUT2D eigenvalue weighted by molar-refractivity contribution is 6.20. The van der Waals surface area contributed by atoms with E-state index in [0.717, 1.165) is 5.56 Å². The van der Waals surface area contributed by atoms with Gasteiger partial charge in [-0.3, -0.25) is 0 Å². The van der Waals surface area contributed by atoms with Crippen LogP contribution in [0.3, 0.4) is 0 Å². The number of benzene rings is 1. The van der Waals surface area contributed by atoms with Crippen molar-refractivity contribution in [3.8, 4) is 5.75 Å². The summed E-state index contributed by atoms with van der Waals surface area (Å²) in [5.41, 5.74) is 5.07. The SMILES string of the molecule is Cc1ccccc1O[C@@H](Cl)[C@@H](C)OC(N)=O. The molecule has 1 aromatic rings. The number of aryl methyl sites for hydroxylation is 1. The second kappa shape index (κ2) is 5.61. The minimum atomic E-state index is -0.869. The van der Waals surface area contributed by atoms with Gasteiger partial charge in [-0.2, -0.15) is 0 Å². The summed E-state index contributed by atoms with van der Waals surface area (Å²) < 4.78 is 10.1. The first-order chi connectivity index (χ1) is 7.50. The van der Waals surface area contributed by atoms with Crippen LogP contribution in [0.15, 0.2) is 24.3 Å². The minimum absolute atomic E-state index is 0.612. The van der Waals surface area contributed by atoms with Gasteiger partial charge in [0.15, 0.2) is 6.10 Å². The summed E-state index contributed by atoms with van der Waals surface area (Å²) in [6, 6.07) is 7.43. The lowest BCUT2D eigenvalue weighted by atomic mass is 10.2. The van der Waals surface area contributed by atoms with Gasteiger partial charge in [-0.1, -0.05) is 29.8 Å². The van der Waals surface area contributed by atoms with Crippen molar-refractivity contribution in [2.75, 3.05) is 0 Å². The first-order valence-electron chi connectivity index (χ1n) is 4.83. The molecule has 0 aliphatic carbocycles. The lowest BCUT2D eigenvalue weighted by molar-refractivity contribution is 0.0657. The molecular formula is C11H14ClNO3. The highest BCUT2D eigenvalue weighted by Gasteiger charge is 2.19. The number of carbonyl (C=O) groups excluding carboxylic acids is 1. The number of hydrogen-bond acceptors (Lipinski definition) is 3. The molecule has 0 bridgehead atoms. The molecular weight excluding hydrogens is 230 g/mol. The number of halogens is 1. The molecule has 0 aromatic heterocycles.